The van der Waals surface area contributed by atoms with Gasteiger partial charge in [0.1, 0.15) is 0 Å². The Labute approximate surface area is 94.7 Å². The molecule has 15 heavy (non-hydrogen) atoms. The lowest BCUT2D eigenvalue weighted by molar-refractivity contribution is 0.504. The van der Waals surface area contributed by atoms with Crippen molar-refractivity contribution in [3.05, 3.63) is 35.9 Å². The summed E-state index contributed by atoms with van der Waals surface area (Å²) in [5.41, 5.74) is 1.58. The lowest BCUT2D eigenvalue weighted by atomic mass is 9.93. The molecule has 1 atom stereocenters. The monoisotopic (exact) mass is 218 g/mol. The SMILES string of the molecule is CC1(c2ccccc2)CCCC[Si]1(C)C. The van der Waals surface area contributed by atoms with Gasteiger partial charge < -0.3 is 0 Å². The van der Waals surface area contributed by atoms with E-state index in [-0.39, 0.29) is 0 Å². The molecule has 1 aromatic carbocycles. The molecule has 0 nitrogen and oxygen atoms in total. The van der Waals surface area contributed by atoms with Crippen molar-refractivity contribution in [2.24, 2.45) is 0 Å². The second kappa shape index (κ2) is 3.78. The van der Waals surface area contributed by atoms with Crippen molar-refractivity contribution < 1.29 is 0 Å². The van der Waals surface area contributed by atoms with Crippen LogP contribution in [0, 0.1) is 0 Å². The van der Waals surface area contributed by atoms with Crippen LogP contribution in [-0.2, 0) is 5.04 Å². The molecule has 1 aliphatic heterocycles. The first-order chi connectivity index (χ1) is 7.06. The summed E-state index contributed by atoms with van der Waals surface area (Å²) in [6, 6.07) is 12.7. The first kappa shape index (κ1) is 10.9. The van der Waals surface area contributed by atoms with Gasteiger partial charge in [-0.2, -0.15) is 0 Å². The third kappa shape index (κ3) is 1.78. The summed E-state index contributed by atoms with van der Waals surface area (Å²) in [5.74, 6) is 0. The molecule has 1 unspecified atom stereocenters. The van der Waals surface area contributed by atoms with Gasteiger partial charge in [0.05, 0.1) is 8.07 Å². The fraction of sp³-hybridized carbons (Fsp3) is 0.571. The maximum Gasteiger partial charge on any atom is 0.0584 e. The summed E-state index contributed by atoms with van der Waals surface area (Å²) < 4.78 is 0. The van der Waals surface area contributed by atoms with Crippen molar-refractivity contribution in [2.45, 2.75) is 50.4 Å². The van der Waals surface area contributed by atoms with Crippen molar-refractivity contribution >= 4 is 8.07 Å². The molecule has 2 rings (SSSR count). The molecule has 0 radical (unpaired) electrons. The van der Waals surface area contributed by atoms with E-state index in [0.29, 0.717) is 5.04 Å². The van der Waals surface area contributed by atoms with E-state index in [9.17, 15) is 0 Å². The molecule has 1 fully saturated rings. The minimum atomic E-state index is -1.08. The highest BCUT2D eigenvalue weighted by atomic mass is 28.3. The van der Waals surface area contributed by atoms with Gasteiger partial charge in [0, 0.05) is 0 Å². The van der Waals surface area contributed by atoms with Crippen LogP contribution >= 0.6 is 0 Å². The van der Waals surface area contributed by atoms with Gasteiger partial charge in [-0.1, -0.05) is 69.2 Å². The zero-order valence-electron chi connectivity index (χ0n) is 10.2. The maximum absolute atomic E-state index is 2.57. The van der Waals surface area contributed by atoms with E-state index in [1.54, 1.807) is 5.56 Å². The summed E-state index contributed by atoms with van der Waals surface area (Å²) in [5, 5.41) is 0.506. The van der Waals surface area contributed by atoms with Gasteiger partial charge in [0.15, 0.2) is 0 Å². The lowest BCUT2D eigenvalue weighted by Gasteiger charge is -2.47. The molecule has 82 valence electrons. The van der Waals surface area contributed by atoms with Crippen molar-refractivity contribution in [3.8, 4) is 0 Å². The normalized spacial score (nSPS) is 30.1. The molecule has 1 heterocycles. The standard InChI is InChI=1S/C14H22Si/c1-14(13-9-5-4-6-10-13)11-7-8-12-15(14,2)3/h4-6,9-10H,7-8,11-12H2,1-3H3. The molecular formula is C14H22Si. The van der Waals surface area contributed by atoms with Crippen LogP contribution in [0.1, 0.15) is 31.7 Å². The minimum absolute atomic E-state index is 0.506. The van der Waals surface area contributed by atoms with Crippen LogP contribution in [0.15, 0.2) is 30.3 Å². The summed E-state index contributed by atoms with van der Waals surface area (Å²) in [6.45, 7) is 7.64. The molecule has 0 aliphatic carbocycles. The first-order valence-corrected chi connectivity index (χ1v) is 9.32. The number of hydrogen-bond donors (Lipinski definition) is 0. The van der Waals surface area contributed by atoms with Crippen molar-refractivity contribution in [1.82, 2.24) is 0 Å². The quantitative estimate of drug-likeness (QED) is 0.614. The van der Waals surface area contributed by atoms with Gasteiger partial charge in [-0.3, -0.25) is 0 Å². The van der Waals surface area contributed by atoms with Gasteiger partial charge in [-0.15, -0.1) is 0 Å². The predicted molar refractivity (Wildman–Crippen MR) is 69.9 cm³/mol. The van der Waals surface area contributed by atoms with Gasteiger partial charge in [0.25, 0.3) is 0 Å². The van der Waals surface area contributed by atoms with E-state index in [1.165, 1.54) is 25.3 Å². The lowest BCUT2D eigenvalue weighted by Crippen LogP contribution is -2.51. The largest absolute Gasteiger partial charge is 0.0687 e. The fourth-order valence-electron chi connectivity index (χ4n) is 3.00. The topological polar surface area (TPSA) is 0 Å². The third-order valence-electron chi connectivity index (χ3n) is 4.63. The highest BCUT2D eigenvalue weighted by molar-refractivity contribution is 6.80. The average molecular weight is 218 g/mol. The zero-order chi connectivity index (χ0) is 10.9. The summed E-state index contributed by atoms with van der Waals surface area (Å²) >= 11 is 0. The Balaban J connectivity index is 2.40. The summed E-state index contributed by atoms with van der Waals surface area (Å²) in [6.07, 6.45) is 4.28. The van der Waals surface area contributed by atoms with Crippen molar-refractivity contribution in [3.63, 3.8) is 0 Å². The van der Waals surface area contributed by atoms with Crippen LogP contribution in [0.25, 0.3) is 0 Å². The highest BCUT2D eigenvalue weighted by Gasteiger charge is 2.45. The minimum Gasteiger partial charge on any atom is -0.0687 e. The highest BCUT2D eigenvalue weighted by Crippen LogP contribution is 2.45. The van der Waals surface area contributed by atoms with Crippen molar-refractivity contribution in [1.29, 1.82) is 0 Å². The molecule has 0 amide bonds. The smallest absolute Gasteiger partial charge is 0.0584 e. The fourth-order valence-corrected chi connectivity index (χ4v) is 6.49. The van der Waals surface area contributed by atoms with Gasteiger partial charge in [0.2, 0.25) is 0 Å². The third-order valence-corrected chi connectivity index (χ3v) is 9.76. The van der Waals surface area contributed by atoms with Crippen LogP contribution < -0.4 is 0 Å². The molecule has 0 spiro atoms. The Morgan fingerprint density at radius 1 is 1.07 bits per heavy atom. The van der Waals surface area contributed by atoms with Crippen LogP contribution in [0.4, 0.5) is 0 Å². The van der Waals surface area contributed by atoms with Crippen LogP contribution in [0.2, 0.25) is 19.1 Å². The second-order valence-corrected chi connectivity index (χ2v) is 11.2. The molecule has 0 aromatic heterocycles. The van der Waals surface area contributed by atoms with Crippen LogP contribution in [0.5, 0.6) is 0 Å². The Kier molecular flexibility index (Phi) is 2.76. The predicted octanol–water partition coefficient (Wildman–Crippen LogP) is 4.38. The van der Waals surface area contributed by atoms with E-state index in [4.69, 9.17) is 0 Å². The molecule has 0 bridgehead atoms. The number of hydrogen-bond acceptors (Lipinski definition) is 0. The molecule has 0 N–H and O–H groups in total. The van der Waals surface area contributed by atoms with E-state index >= 15 is 0 Å². The average Bonchev–Trinajstić information content (AvgIpc) is 2.24. The van der Waals surface area contributed by atoms with E-state index < -0.39 is 8.07 Å². The summed E-state index contributed by atoms with van der Waals surface area (Å²) in [7, 11) is -1.08. The number of rotatable bonds is 1. The zero-order valence-corrected chi connectivity index (χ0v) is 11.2. The Hall–Kier alpha value is -0.563. The van der Waals surface area contributed by atoms with E-state index in [1.807, 2.05) is 0 Å². The molecule has 1 heteroatoms. The van der Waals surface area contributed by atoms with Gasteiger partial charge in [-0.25, -0.2) is 0 Å². The first-order valence-electron chi connectivity index (χ1n) is 6.12. The number of benzene rings is 1. The Bertz CT molecular complexity index is 328. The Morgan fingerprint density at radius 3 is 2.33 bits per heavy atom. The molecular weight excluding hydrogens is 196 g/mol. The van der Waals surface area contributed by atoms with E-state index in [0.717, 1.165) is 0 Å². The molecule has 1 aliphatic rings. The van der Waals surface area contributed by atoms with Gasteiger partial charge >= 0.3 is 0 Å². The van der Waals surface area contributed by atoms with Gasteiger partial charge in [-0.05, 0) is 17.0 Å². The van der Waals surface area contributed by atoms with Crippen LogP contribution in [0.3, 0.4) is 0 Å². The molecule has 1 aromatic rings. The second-order valence-electron chi connectivity index (χ2n) is 5.79. The van der Waals surface area contributed by atoms with E-state index in [2.05, 4.69) is 50.3 Å². The summed E-state index contributed by atoms with van der Waals surface area (Å²) in [4.78, 5) is 0. The molecule has 1 saturated heterocycles. The Morgan fingerprint density at radius 2 is 1.73 bits per heavy atom. The van der Waals surface area contributed by atoms with Crippen molar-refractivity contribution in [2.75, 3.05) is 0 Å². The molecule has 0 saturated carbocycles. The maximum atomic E-state index is 2.57. The van der Waals surface area contributed by atoms with Crippen LogP contribution in [-0.4, -0.2) is 8.07 Å².